The highest BCUT2D eigenvalue weighted by molar-refractivity contribution is 5.92. The topological polar surface area (TPSA) is 42.0 Å². The van der Waals surface area contributed by atoms with Gasteiger partial charge in [0.2, 0.25) is 0 Å². The molecule has 0 spiro atoms. The quantitative estimate of drug-likeness (QED) is 0.867. The summed E-state index contributed by atoms with van der Waals surface area (Å²) >= 11 is 0. The lowest BCUT2D eigenvalue weighted by molar-refractivity contribution is 0.0950. The molecule has 0 aromatic carbocycles. The number of nitrogens with one attached hydrogen (secondary N) is 1. The second-order valence-corrected chi connectivity index (χ2v) is 5.00. The zero-order chi connectivity index (χ0) is 12.4. The first-order chi connectivity index (χ1) is 8.11. The van der Waals surface area contributed by atoms with Crippen LogP contribution in [0.5, 0.6) is 0 Å². The highest BCUT2D eigenvalue weighted by atomic mass is 16.1. The molecule has 3 heteroatoms. The predicted octanol–water partition coefficient (Wildman–Crippen LogP) is 2.83. The van der Waals surface area contributed by atoms with E-state index in [2.05, 4.69) is 30.2 Å². The van der Waals surface area contributed by atoms with E-state index in [4.69, 9.17) is 0 Å². The van der Waals surface area contributed by atoms with Crippen molar-refractivity contribution in [1.29, 1.82) is 0 Å². The summed E-state index contributed by atoms with van der Waals surface area (Å²) in [7, 11) is 0. The van der Waals surface area contributed by atoms with Gasteiger partial charge in [-0.05, 0) is 43.4 Å². The lowest BCUT2D eigenvalue weighted by Gasteiger charge is -2.10. The largest absolute Gasteiger partial charge is 0.351 e. The van der Waals surface area contributed by atoms with Crippen molar-refractivity contribution in [3.8, 4) is 0 Å². The summed E-state index contributed by atoms with van der Waals surface area (Å²) in [5, 5.41) is 2.81. The van der Waals surface area contributed by atoms with E-state index in [1.807, 2.05) is 13.0 Å². The van der Waals surface area contributed by atoms with Crippen molar-refractivity contribution in [2.75, 3.05) is 6.54 Å². The van der Waals surface area contributed by atoms with Crippen LogP contribution < -0.4 is 5.32 Å². The third-order valence-corrected chi connectivity index (χ3v) is 3.10. The Morgan fingerprint density at radius 3 is 2.71 bits per heavy atom. The van der Waals surface area contributed by atoms with Crippen molar-refractivity contribution in [1.82, 2.24) is 10.3 Å². The summed E-state index contributed by atoms with van der Waals surface area (Å²) in [6.45, 7) is 6.86. The molecule has 1 aliphatic rings. The van der Waals surface area contributed by atoms with Gasteiger partial charge in [-0.1, -0.05) is 13.8 Å². The molecule has 17 heavy (non-hydrogen) atoms. The zero-order valence-electron chi connectivity index (χ0n) is 10.8. The fourth-order valence-corrected chi connectivity index (χ4v) is 1.86. The molecule has 1 saturated carbocycles. The highest BCUT2D eigenvalue weighted by Crippen LogP contribution is 2.39. The van der Waals surface area contributed by atoms with Crippen molar-refractivity contribution in [2.24, 2.45) is 0 Å². The average Bonchev–Trinajstić information content (AvgIpc) is 3.12. The van der Waals surface area contributed by atoms with Crippen molar-refractivity contribution in [3.05, 3.63) is 29.1 Å². The van der Waals surface area contributed by atoms with Crippen LogP contribution in [0.2, 0.25) is 0 Å². The fraction of sp³-hybridized carbons (Fsp3) is 0.571. The van der Waals surface area contributed by atoms with Crippen molar-refractivity contribution in [3.63, 3.8) is 0 Å². The minimum Gasteiger partial charge on any atom is -0.351 e. The number of amides is 1. The molecule has 1 aromatic heterocycles. The van der Waals surface area contributed by atoms with Gasteiger partial charge >= 0.3 is 0 Å². The Balaban J connectivity index is 2.33. The fourth-order valence-electron chi connectivity index (χ4n) is 1.86. The molecule has 1 N–H and O–H groups in total. The second-order valence-electron chi connectivity index (χ2n) is 5.00. The zero-order valence-corrected chi connectivity index (χ0v) is 10.8. The molecule has 92 valence electrons. The van der Waals surface area contributed by atoms with E-state index in [1.165, 1.54) is 18.4 Å². The molecule has 0 radical (unpaired) electrons. The molecular weight excluding hydrogens is 212 g/mol. The van der Waals surface area contributed by atoms with E-state index in [9.17, 15) is 4.79 Å². The van der Waals surface area contributed by atoms with Gasteiger partial charge in [0.15, 0.2) is 0 Å². The Hall–Kier alpha value is -1.38. The predicted molar refractivity (Wildman–Crippen MR) is 68.3 cm³/mol. The summed E-state index contributed by atoms with van der Waals surface area (Å²) in [5.41, 5.74) is 2.88. The maximum absolute atomic E-state index is 11.8. The van der Waals surface area contributed by atoms with Crippen LogP contribution in [0.4, 0.5) is 0 Å². The molecule has 2 rings (SSSR count). The minimum atomic E-state index is -0.0584. The maximum atomic E-state index is 11.8. The summed E-state index contributed by atoms with van der Waals surface area (Å²) in [6, 6.07) is 4.08. The lowest BCUT2D eigenvalue weighted by atomic mass is 10.0. The van der Waals surface area contributed by atoms with E-state index >= 15 is 0 Å². The van der Waals surface area contributed by atoms with E-state index < -0.39 is 0 Å². The number of nitrogens with zero attached hydrogens (tertiary/aromatic N) is 1. The third kappa shape index (κ3) is 2.84. The van der Waals surface area contributed by atoms with Gasteiger partial charge in [-0.25, -0.2) is 4.98 Å². The van der Waals surface area contributed by atoms with Crippen LogP contribution in [-0.2, 0) is 0 Å². The smallest absolute Gasteiger partial charge is 0.269 e. The van der Waals surface area contributed by atoms with Crippen LogP contribution in [0.25, 0.3) is 0 Å². The van der Waals surface area contributed by atoms with Gasteiger partial charge in [0.25, 0.3) is 5.91 Å². The van der Waals surface area contributed by atoms with Gasteiger partial charge < -0.3 is 5.32 Å². The van der Waals surface area contributed by atoms with Crippen LogP contribution in [0.15, 0.2) is 12.1 Å². The first-order valence-corrected chi connectivity index (χ1v) is 6.42. The number of carbonyl (C=O) groups excluding carboxylic acids is 1. The average molecular weight is 232 g/mol. The molecule has 1 fully saturated rings. The Labute approximate surface area is 103 Å². The van der Waals surface area contributed by atoms with E-state index in [0.717, 1.165) is 5.69 Å². The normalized spacial score (nSPS) is 15.1. The number of pyridine rings is 1. The van der Waals surface area contributed by atoms with Crippen molar-refractivity contribution < 1.29 is 4.79 Å². The monoisotopic (exact) mass is 232 g/mol. The van der Waals surface area contributed by atoms with Crippen molar-refractivity contribution >= 4 is 5.91 Å². The molecule has 0 unspecified atom stereocenters. The molecule has 0 aliphatic heterocycles. The first kappa shape index (κ1) is 12.1. The summed E-state index contributed by atoms with van der Waals surface area (Å²) in [4.78, 5) is 16.3. The van der Waals surface area contributed by atoms with Gasteiger partial charge in [-0.3, -0.25) is 4.79 Å². The minimum absolute atomic E-state index is 0.0584. The van der Waals surface area contributed by atoms with Crippen LogP contribution in [0.1, 0.15) is 67.2 Å². The Bertz CT molecular complexity index is 402. The molecular formula is C14H20N2O. The molecule has 0 bridgehead atoms. The second kappa shape index (κ2) is 4.86. The van der Waals surface area contributed by atoms with Gasteiger partial charge in [0.1, 0.15) is 5.69 Å². The SMILES string of the molecule is CCNC(=O)c1cc(C(C)C)cc(C2CC2)n1. The van der Waals surface area contributed by atoms with Gasteiger partial charge in [-0.15, -0.1) is 0 Å². The molecule has 3 nitrogen and oxygen atoms in total. The van der Waals surface area contributed by atoms with E-state index in [0.29, 0.717) is 24.1 Å². The number of rotatable bonds is 4. The van der Waals surface area contributed by atoms with Crippen molar-refractivity contribution in [2.45, 2.75) is 45.4 Å². The highest BCUT2D eigenvalue weighted by Gasteiger charge is 2.26. The molecule has 1 amide bonds. The standard InChI is InChI=1S/C14H20N2O/c1-4-15-14(17)13-8-11(9(2)3)7-12(16-13)10-5-6-10/h7-10H,4-6H2,1-3H3,(H,15,17). The van der Waals surface area contributed by atoms with E-state index in [-0.39, 0.29) is 5.91 Å². The van der Waals surface area contributed by atoms with Gasteiger partial charge in [-0.2, -0.15) is 0 Å². The molecule has 1 aromatic rings. The van der Waals surface area contributed by atoms with Crippen LogP contribution in [-0.4, -0.2) is 17.4 Å². The number of hydrogen-bond donors (Lipinski definition) is 1. The Morgan fingerprint density at radius 1 is 1.47 bits per heavy atom. The maximum Gasteiger partial charge on any atom is 0.269 e. The van der Waals surface area contributed by atoms with Gasteiger partial charge in [0, 0.05) is 18.2 Å². The number of hydrogen-bond acceptors (Lipinski definition) is 2. The molecule has 0 atom stereocenters. The summed E-state index contributed by atoms with van der Waals surface area (Å²) in [6.07, 6.45) is 2.42. The molecule has 1 aliphatic carbocycles. The lowest BCUT2D eigenvalue weighted by Crippen LogP contribution is -2.24. The van der Waals surface area contributed by atoms with Crippen LogP contribution >= 0.6 is 0 Å². The Kier molecular flexibility index (Phi) is 3.46. The number of carbonyl (C=O) groups is 1. The summed E-state index contributed by atoms with van der Waals surface area (Å²) < 4.78 is 0. The third-order valence-electron chi connectivity index (χ3n) is 3.10. The number of aromatic nitrogens is 1. The van der Waals surface area contributed by atoms with Crippen LogP contribution in [0, 0.1) is 0 Å². The Morgan fingerprint density at radius 2 is 2.18 bits per heavy atom. The van der Waals surface area contributed by atoms with Gasteiger partial charge in [0.05, 0.1) is 0 Å². The summed E-state index contributed by atoms with van der Waals surface area (Å²) in [5.74, 6) is 0.961. The molecule has 0 saturated heterocycles. The van der Waals surface area contributed by atoms with Crippen LogP contribution in [0.3, 0.4) is 0 Å². The first-order valence-electron chi connectivity index (χ1n) is 6.42. The molecule has 1 heterocycles. The van der Waals surface area contributed by atoms with E-state index in [1.54, 1.807) is 0 Å².